The molecule has 0 atom stereocenters. The minimum atomic E-state index is 0.568. The molecule has 0 bridgehead atoms. The molecule has 8 nitrogen and oxygen atoms in total. The van der Waals surface area contributed by atoms with Gasteiger partial charge in [0.05, 0.1) is 26.4 Å². The fourth-order valence-electron chi connectivity index (χ4n) is 3.40. The summed E-state index contributed by atoms with van der Waals surface area (Å²) in [5, 5.41) is 3.37. The number of anilines is 4. The molecular formula is C19H26N6O2. The van der Waals surface area contributed by atoms with Crippen LogP contribution in [-0.4, -0.2) is 67.6 Å². The Morgan fingerprint density at radius 2 is 1.22 bits per heavy atom. The minimum Gasteiger partial charge on any atom is -0.378 e. The molecule has 144 valence electrons. The summed E-state index contributed by atoms with van der Waals surface area (Å²) in [6.45, 7) is 10.1. The highest BCUT2D eigenvalue weighted by atomic mass is 16.5. The lowest BCUT2D eigenvalue weighted by Gasteiger charge is -2.30. The predicted octanol–water partition coefficient (Wildman–Crippen LogP) is 1.91. The lowest BCUT2D eigenvalue weighted by atomic mass is 10.1. The molecule has 0 unspecified atom stereocenters. The third kappa shape index (κ3) is 4.45. The highest BCUT2D eigenvalue weighted by Gasteiger charge is 2.20. The van der Waals surface area contributed by atoms with Crippen molar-refractivity contribution in [1.82, 2.24) is 15.0 Å². The summed E-state index contributed by atoms with van der Waals surface area (Å²) in [5.41, 5.74) is 3.39. The number of aryl methyl sites for hydroxylation is 2. The predicted molar refractivity (Wildman–Crippen MR) is 105 cm³/mol. The molecule has 8 heteroatoms. The Labute approximate surface area is 159 Å². The lowest BCUT2D eigenvalue weighted by Crippen LogP contribution is -2.40. The maximum Gasteiger partial charge on any atom is 0.233 e. The summed E-state index contributed by atoms with van der Waals surface area (Å²) < 4.78 is 10.9. The Kier molecular flexibility index (Phi) is 5.35. The van der Waals surface area contributed by atoms with Crippen molar-refractivity contribution in [3.05, 3.63) is 29.3 Å². The van der Waals surface area contributed by atoms with Gasteiger partial charge in [-0.25, -0.2) is 0 Å². The summed E-state index contributed by atoms with van der Waals surface area (Å²) in [4.78, 5) is 18.4. The Hall–Kier alpha value is -2.45. The Morgan fingerprint density at radius 3 is 1.70 bits per heavy atom. The fraction of sp³-hybridized carbons (Fsp3) is 0.526. The van der Waals surface area contributed by atoms with Crippen molar-refractivity contribution in [2.24, 2.45) is 0 Å². The van der Waals surface area contributed by atoms with Crippen molar-refractivity contribution in [3.63, 3.8) is 0 Å². The number of nitrogens with zero attached hydrogens (tertiary/aromatic N) is 5. The molecule has 1 aromatic heterocycles. The number of benzene rings is 1. The van der Waals surface area contributed by atoms with E-state index in [0.29, 0.717) is 44.3 Å². The van der Waals surface area contributed by atoms with Gasteiger partial charge in [-0.2, -0.15) is 15.0 Å². The molecule has 0 radical (unpaired) electrons. The van der Waals surface area contributed by atoms with Crippen LogP contribution in [0.1, 0.15) is 11.1 Å². The first-order chi connectivity index (χ1) is 13.2. The standard InChI is InChI=1S/C19H26N6O2/c1-14-11-15(2)13-16(12-14)20-17-21-18(24-3-7-26-8-4-24)23-19(22-17)25-5-9-27-10-6-25/h11-13H,3-10H2,1-2H3,(H,20,21,22,23). The summed E-state index contributed by atoms with van der Waals surface area (Å²) in [5.74, 6) is 1.96. The number of ether oxygens (including phenoxy) is 2. The molecule has 0 spiro atoms. The van der Waals surface area contributed by atoms with Crippen LogP contribution in [0, 0.1) is 13.8 Å². The Morgan fingerprint density at radius 1 is 0.741 bits per heavy atom. The van der Waals surface area contributed by atoms with Gasteiger partial charge in [-0.05, 0) is 37.1 Å². The van der Waals surface area contributed by atoms with E-state index in [-0.39, 0.29) is 0 Å². The number of rotatable bonds is 4. The summed E-state index contributed by atoms with van der Waals surface area (Å²) >= 11 is 0. The van der Waals surface area contributed by atoms with Crippen molar-refractivity contribution in [3.8, 4) is 0 Å². The van der Waals surface area contributed by atoms with Gasteiger partial charge in [-0.3, -0.25) is 0 Å². The molecule has 3 heterocycles. The Bertz CT molecular complexity index is 731. The van der Waals surface area contributed by atoms with Crippen LogP contribution in [0.25, 0.3) is 0 Å². The quantitative estimate of drug-likeness (QED) is 0.875. The topological polar surface area (TPSA) is 75.6 Å². The molecule has 1 aromatic carbocycles. The van der Waals surface area contributed by atoms with Crippen LogP contribution in [0.15, 0.2) is 18.2 Å². The molecule has 2 aliphatic rings. The van der Waals surface area contributed by atoms with Gasteiger partial charge in [0.1, 0.15) is 0 Å². The van der Waals surface area contributed by atoms with Crippen molar-refractivity contribution in [2.45, 2.75) is 13.8 Å². The van der Waals surface area contributed by atoms with Crippen molar-refractivity contribution >= 4 is 23.5 Å². The average Bonchev–Trinajstić information content (AvgIpc) is 2.68. The fourth-order valence-corrected chi connectivity index (χ4v) is 3.40. The zero-order chi connectivity index (χ0) is 18.6. The van der Waals surface area contributed by atoms with Crippen LogP contribution < -0.4 is 15.1 Å². The first-order valence-corrected chi connectivity index (χ1v) is 9.44. The molecule has 0 amide bonds. The third-order valence-electron chi connectivity index (χ3n) is 4.68. The van der Waals surface area contributed by atoms with E-state index in [4.69, 9.17) is 14.5 Å². The number of aromatic nitrogens is 3. The summed E-state index contributed by atoms with van der Waals surface area (Å²) in [7, 11) is 0. The van der Waals surface area contributed by atoms with Crippen molar-refractivity contribution in [1.29, 1.82) is 0 Å². The van der Waals surface area contributed by atoms with Gasteiger partial charge in [-0.15, -0.1) is 0 Å². The van der Waals surface area contributed by atoms with E-state index in [9.17, 15) is 0 Å². The SMILES string of the molecule is Cc1cc(C)cc(Nc2nc(N3CCOCC3)nc(N3CCOCC3)n2)c1. The molecule has 2 aromatic rings. The molecule has 27 heavy (non-hydrogen) atoms. The van der Waals surface area contributed by atoms with Gasteiger partial charge in [-0.1, -0.05) is 6.07 Å². The van der Waals surface area contributed by atoms with Crippen LogP contribution in [0.4, 0.5) is 23.5 Å². The maximum absolute atomic E-state index is 5.46. The molecule has 2 saturated heterocycles. The molecular weight excluding hydrogens is 344 g/mol. The number of nitrogens with one attached hydrogen (secondary N) is 1. The summed E-state index contributed by atoms with van der Waals surface area (Å²) in [6.07, 6.45) is 0. The van der Waals surface area contributed by atoms with Gasteiger partial charge < -0.3 is 24.6 Å². The van der Waals surface area contributed by atoms with E-state index < -0.39 is 0 Å². The largest absolute Gasteiger partial charge is 0.378 e. The highest BCUT2D eigenvalue weighted by Crippen LogP contribution is 2.22. The van der Waals surface area contributed by atoms with Gasteiger partial charge >= 0.3 is 0 Å². The second-order valence-electron chi connectivity index (χ2n) is 6.96. The van der Waals surface area contributed by atoms with E-state index in [1.165, 1.54) is 11.1 Å². The zero-order valence-electron chi connectivity index (χ0n) is 15.9. The van der Waals surface area contributed by atoms with E-state index >= 15 is 0 Å². The van der Waals surface area contributed by atoms with Crippen LogP contribution in [0.3, 0.4) is 0 Å². The maximum atomic E-state index is 5.46. The number of morpholine rings is 2. The van der Waals surface area contributed by atoms with E-state index in [1.807, 2.05) is 0 Å². The van der Waals surface area contributed by atoms with Gasteiger partial charge in [0.25, 0.3) is 0 Å². The molecule has 2 aliphatic heterocycles. The molecule has 0 aliphatic carbocycles. The molecule has 1 N–H and O–H groups in total. The van der Waals surface area contributed by atoms with Gasteiger partial charge in [0, 0.05) is 31.9 Å². The second kappa shape index (κ2) is 8.06. The van der Waals surface area contributed by atoms with Gasteiger partial charge in [0.15, 0.2) is 0 Å². The first-order valence-electron chi connectivity index (χ1n) is 9.44. The van der Waals surface area contributed by atoms with Crippen LogP contribution in [-0.2, 0) is 9.47 Å². The molecule has 4 rings (SSSR count). The minimum absolute atomic E-state index is 0.568. The normalized spacial score (nSPS) is 17.9. The first kappa shape index (κ1) is 17.9. The average molecular weight is 370 g/mol. The number of hydrogen-bond donors (Lipinski definition) is 1. The molecule has 0 saturated carbocycles. The zero-order valence-corrected chi connectivity index (χ0v) is 15.9. The molecule has 2 fully saturated rings. The smallest absolute Gasteiger partial charge is 0.233 e. The summed E-state index contributed by atoms with van der Waals surface area (Å²) in [6, 6.07) is 6.34. The second-order valence-corrected chi connectivity index (χ2v) is 6.96. The third-order valence-corrected chi connectivity index (χ3v) is 4.68. The van der Waals surface area contributed by atoms with E-state index in [2.05, 4.69) is 57.1 Å². The van der Waals surface area contributed by atoms with E-state index in [0.717, 1.165) is 31.9 Å². The monoisotopic (exact) mass is 370 g/mol. The van der Waals surface area contributed by atoms with E-state index in [1.54, 1.807) is 0 Å². The van der Waals surface area contributed by atoms with Crippen LogP contribution in [0.2, 0.25) is 0 Å². The Balaban J connectivity index is 1.65. The van der Waals surface area contributed by atoms with Crippen molar-refractivity contribution in [2.75, 3.05) is 67.7 Å². The van der Waals surface area contributed by atoms with Crippen LogP contribution in [0.5, 0.6) is 0 Å². The highest BCUT2D eigenvalue weighted by molar-refractivity contribution is 5.58. The van der Waals surface area contributed by atoms with Gasteiger partial charge in [0.2, 0.25) is 17.8 Å². The van der Waals surface area contributed by atoms with Crippen molar-refractivity contribution < 1.29 is 9.47 Å². The van der Waals surface area contributed by atoms with Crippen LogP contribution >= 0.6 is 0 Å². The lowest BCUT2D eigenvalue weighted by molar-refractivity contribution is 0.121. The number of hydrogen-bond acceptors (Lipinski definition) is 8.